The molecule has 0 fully saturated rings. The van der Waals surface area contributed by atoms with E-state index in [1.165, 1.54) is 0 Å². The van der Waals surface area contributed by atoms with E-state index >= 15 is 0 Å². The molecule has 0 bridgehead atoms. The predicted octanol–water partition coefficient (Wildman–Crippen LogP) is 2.85. The van der Waals surface area contributed by atoms with Crippen molar-refractivity contribution in [3.8, 4) is 5.75 Å². The number of esters is 1. The van der Waals surface area contributed by atoms with E-state index in [0.29, 0.717) is 12.2 Å². The van der Waals surface area contributed by atoms with Gasteiger partial charge in [0.2, 0.25) is 0 Å². The summed E-state index contributed by atoms with van der Waals surface area (Å²) in [7, 11) is 3.95. The van der Waals surface area contributed by atoms with Crippen molar-refractivity contribution in [3.63, 3.8) is 0 Å². The van der Waals surface area contributed by atoms with Gasteiger partial charge in [0.25, 0.3) is 0 Å². The van der Waals surface area contributed by atoms with Crippen LogP contribution in [-0.4, -0.2) is 20.1 Å². The largest absolute Gasteiger partial charge is 0.427 e. The lowest BCUT2D eigenvalue weighted by Gasteiger charge is -2.12. The molecule has 0 aliphatic carbocycles. The summed E-state index contributed by atoms with van der Waals surface area (Å²) in [5, 5.41) is 0. The lowest BCUT2D eigenvalue weighted by Crippen LogP contribution is -2.09. The third-order valence-corrected chi connectivity index (χ3v) is 2.32. The van der Waals surface area contributed by atoms with Crippen molar-refractivity contribution in [1.82, 2.24) is 0 Å². The van der Waals surface area contributed by atoms with Gasteiger partial charge in [-0.1, -0.05) is 13.3 Å². The molecule has 0 aliphatic rings. The normalized spacial score (nSPS) is 9.94. The van der Waals surface area contributed by atoms with E-state index in [0.717, 1.165) is 18.5 Å². The Balaban J connectivity index is 2.51. The number of ether oxygens (including phenoxy) is 1. The van der Waals surface area contributed by atoms with Gasteiger partial charge in [-0.05, 0) is 30.7 Å². The van der Waals surface area contributed by atoms with Gasteiger partial charge in [0.15, 0.2) is 0 Å². The molecular formula is C13H19NO2. The molecule has 0 saturated carbocycles. The van der Waals surface area contributed by atoms with Gasteiger partial charge in [-0.2, -0.15) is 0 Å². The van der Waals surface area contributed by atoms with Crippen molar-refractivity contribution in [2.24, 2.45) is 0 Å². The first-order valence-corrected chi connectivity index (χ1v) is 5.61. The fraction of sp³-hybridized carbons (Fsp3) is 0.462. The number of carbonyl (C=O) groups is 1. The van der Waals surface area contributed by atoms with Crippen LogP contribution in [0, 0.1) is 0 Å². The highest BCUT2D eigenvalue weighted by Gasteiger charge is 2.04. The average molecular weight is 221 g/mol. The minimum atomic E-state index is -0.153. The van der Waals surface area contributed by atoms with Gasteiger partial charge < -0.3 is 9.64 Å². The Kier molecular flexibility index (Phi) is 4.83. The Morgan fingerprint density at radius 3 is 2.38 bits per heavy atom. The first-order chi connectivity index (χ1) is 7.63. The Labute approximate surface area is 97.0 Å². The second-order valence-corrected chi connectivity index (χ2v) is 3.97. The Bertz CT molecular complexity index is 330. The third-order valence-electron chi connectivity index (χ3n) is 2.32. The van der Waals surface area contributed by atoms with Crippen LogP contribution < -0.4 is 9.64 Å². The lowest BCUT2D eigenvalue weighted by molar-refractivity contribution is -0.134. The summed E-state index contributed by atoms with van der Waals surface area (Å²) in [6.07, 6.45) is 2.38. The van der Waals surface area contributed by atoms with Gasteiger partial charge in [0.1, 0.15) is 5.75 Å². The van der Waals surface area contributed by atoms with Crippen LogP contribution in [0.15, 0.2) is 24.3 Å². The molecule has 1 rings (SSSR count). The molecule has 3 nitrogen and oxygen atoms in total. The molecule has 0 saturated heterocycles. The SMILES string of the molecule is CCCCC(=O)Oc1ccc(N(C)C)cc1. The number of carbonyl (C=O) groups excluding carboxylic acids is 1. The summed E-state index contributed by atoms with van der Waals surface area (Å²) in [5.74, 6) is 0.464. The van der Waals surface area contributed by atoms with E-state index in [9.17, 15) is 4.79 Å². The molecule has 0 spiro atoms. The van der Waals surface area contributed by atoms with Gasteiger partial charge >= 0.3 is 5.97 Å². The topological polar surface area (TPSA) is 29.5 Å². The van der Waals surface area contributed by atoms with Crippen molar-refractivity contribution in [2.45, 2.75) is 26.2 Å². The average Bonchev–Trinajstić information content (AvgIpc) is 2.27. The zero-order valence-corrected chi connectivity index (χ0v) is 10.2. The van der Waals surface area contributed by atoms with Gasteiger partial charge in [-0.3, -0.25) is 4.79 Å². The van der Waals surface area contributed by atoms with Crippen molar-refractivity contribution in [1.29, 1.82) is 0 Å². The quantitative estimate of drug-likeness (QED) is 0.565. The van der Waals surface area contributed by atoms with Crippen molar-refractivity contribution < 1.29 is 9.53 Å². The van der Waals surface area contributed by atoms with Crippen LogP contribution in [-0.2, 0) is 4.79 Å². The maximum absolute atomic E-state index is 11.4. The summed E-state index contributed by atoms with van der Waals surface area (Å²) >= 11 is 0. The molecule has 0 radical (unpaired) electrons. The summed E-state index contributed by atoms with van der Waals surface area (Å²) < 4.78 is 5.19. The molecule has 0 heterocycles. The van der Waals surface area contributed by atoms with E-state index in [1.807, 2.05) is 43.3 Å². The minimum absolute atomic E-state index is 0.153. The molecule has 0 unspecified atom stereocenters. The van der Waals surface area contributed by atoms with Crippen LogP contribution in [0.3, 0.4) is 0 Å². The molecule has 0 aromatic heterocycles. The van der Waals surface area contributed by atoms with Gasteiger partial charge in [-0.25, -0.2) is 0 Å². The fourth-order valence-corrected chi connectivity index (χ4v) is 1.32. The van der Waals surface area contributed by atoms with Crippen LogP contribution in [0.5, 0.6) is 5.75 Å². The molecule has 1 aromatic carbocycles. The number of rotatable bonds is 5. The van der Waals surface area contributed by atoms with E-state index in [4.69, 9.17) is 4.74 Å². The number of unbranched alkanes of at least 4 members (excludes halogenated alkanes) is 1. The Hall–Kier alpha value is -1.51. The zero-order chi connectivity index (χ0) is 12.0. The Morgan fingerprint density at radius 1 is 1.25 bits per heavy atom. The first kappa shape index (κ1) is 12.6. The minimum Gasteiger partial charge on any atom is -0.427 e. The highest BCUT2D eigenvalue weighted by molar-refractivity contribution is 5.72. The monoisotopic (exact) mass is 221 g/mol. The highest BCUT2D eigenvalue weighted by Crippen LogP contribution is 2.18. The second kappa shape index (κ2) is 6.16. The third kappa shape index (κ3) is 3.93. The summed E-state index contributed by atoms with van der Waals surface area (Å²) in [6, 6.07) is 7.50. The van der Waals surface area contributed by atoms with Crippen molar-refractivity contribution >= 4 is 11.7 Å². The maximum atomic E-state index is 11.4. The van der Waals surface area contributed by atoms with Crippen LogP contribution in [0.4, 0.5) is 5.69 Å². The molecular weight excluding hydrogens is 202 g/mol. The summed E-state index contributed by atoms with van der Waals surface area (Å²) in [5.41, 5.74) is 1.09. The number of hydrogen-bond acceptors (Lipinski definition) is 3. The zero-order valence-electron chi connectivity index (χ0n) is 10.2. The van der Waals surface area contributed by atoms with Gasteiger partial charge in [-0.15, -0.1) is 0 Å². The van der Waals surface area contributed by atoms with E-state index < -0.39 is 0 Å². The molecule has 16 heavy (non-hydrogen) atoms. The smallest absolute Gasteiger partial charge is 0.311 e. The number of nitrogens with zero attached hydrogens (tertiary/aromatic N) is 1. The molecule has 3 heteroatoms. The summed E-state index contributed by atoms with van der Waals surface area (Å²) in [6.45, 7) is 2.05. The second-order valence-electron chi connectivity index (χ2n) is 3.97. The fourth-order valence-electron chi connectivity index (χ4n) is 1.32. The van der Waals surface area contributed by atoms with Crippen LogP contribution in [0.1, 0.15) is 26.2 Å². The van der Waals surface area contributed by atoms with Crippen LogP contribution in [0.2, 0.25) is 0 Å². The molecule has 1 aromatic rings. The molecule has 0 amide bonds. The number of anilines is 1. The maximum Gasteiger partial charge on any atom is 0.311 e. The summed E-state index contributed by atoms with van der Waals surface area (Å²) in [4.78, 5) is 13.4. The lowest BCUT2D eigenvalue weighted by atomic mass is 10.2. The first-order valence-electron chi connectivity index (χ1n) is 5.61. The van der Waals surface area contributed by atoms with Crippen LogP contribution >= 0.6 is 0 Å². The van der Waals surface area contributed by atoms with Crippen LogP contribution in [0.25, 0.3) is 0 Å². The van der Waals surface area contributed by atoms with Gasteiger partial charge in [0.05, 0.1) is 0 Å². The molecule has 0 aliphatic heterocycles. The predicted molar refractivity (Wildman–Crippen MR) is 65.9 cm³/mol. The Morgan fingerprint density at radius 2 is 1.88 bits per heavy atom. The molecule has 0 N–H and O–H groups in total. The molecule has 0 atom stereocenters. The van der Waals surface area contributed by atoms with E-state index in [-0.39, 0.29) is 5.97 Å². The molecule has 88 valence electrons. The number of benzene rings is 1. The van der Waals surface area contributed by atoms with Crippen molar-refractivity contribution in [3.05, 3.63) is 24.3 Å². The standard InChI is InChI=1S/C13H19NO2/c1-4-5-6-13(15)16-12-9-7-11(8-10-12)14(2)3/h7-10H,4-6H2,1-3H3. The number of hydrogen-bond donors (Lipinski definition) is 0. The van der Waals surface area contributed by atoms with Crippen molar-refractivity contribution in [2.75, 3.05) is 19.0 Å². The highest BCUT2D eigenvalue weighted by atomic mass is 16.5. The van der Waals surface area contributed by atoms with E-state index in [2.05, 4.69) is 6.92 Å². The van der Waals surface area contributed by atoms with Gasteiger partial charge in [0, 0.05) is 26.2 Å². The van der Waals surface area contributed by atoms with E-state index in [1.54, 1.807) is 0 Å².